The summed E-state index contributed by atoms with van der Waals surface area (Å²) in [6.45, 7) is 4.66. The number of nitrogens with zero attached hydrogens (tertiary/aromatic N) is 9. The molecule has 0 bridgehead atoms. The highest BCUT2D eigenvalue weighted by Crippen LogP contribution is 2.51. The van der Waals surface area contributed by atoms with Gasteiger partial charge in [-0.05, 0) is 221 Å². The molecule has 11 heteroatoms. The lowest BCUT2D eigenvalue weighted by Gasteiger charge is -2.21. The van der Waals surface area contributed by atoms with Gasteiger partial charge in [-0.3, -0.25) is 13.7 Å². The van der Waals surface area contributed by atoms with E-state index in [1.807, 2.05) is 35.6 Å². The summed E-state index contributed by atoms with van der Waals surface area (Å²) in [5, 5.41) is 22.3. The molecule has 0 atom stereocenters. The molecule has 140 heavy (non-hydrogen) atoms. The summed E-state index contributed by atoms with van der Waals surface area (Å²) in [5.41, 5.74) is 29.3. The molecule has 1 aliphatic rings. The van der Waals surface area contributed by atoms with Gasteiger partial charge in [-0.1, -0.05) is 335 Å². The van der Waals surface area contributed by atoms with Crippen molar-refractivity contribution in [3.8, 4) is 96.1 Å². The lowest BCUT2D eigenvalue weighted by Crippen LogP contribution is -2.14. The van der Waals surface area contributed by atoms with Crippen LogP contribution in [0.2, 0.25) is 0 Å². The van der Waals surface area contributed by atoms with E-state index in [1.165, 1.54) is 118 Å². The summed E-state index contributed by atoms with van der Waals surface area (Å²) in [7, 11) is 0. The number of thiophene rings is 1. The van der Waals surface area contributed by atoms with Gasteiger partial charge in [0.05, 0.1) is 66.7 Å². The van der Waals surface area contributed by atoms with E-state index in [0.717, 1.165) is 144 Å². The van der Waals surface area contributed by atoms with Crippen LogP contribution in [0.4, 0.5) is 0 Å². The zero-order valence-electron chi connectivity index (χ0n) is 76.1. The first kappa shape index (κ1) is 80.3. The predicted molar refractivity (Wildman–Crippen MR) is 584 cm³/mol. The van der Waals surface area contributed by atoms with Crippen molar-refractivity contribution >= 4 is 184 Å². The molecule has 0 spiro atoms. The number of aromatic nitrogens is 9. The van der Waals surface area contributed by atoms with Crippen LogP contribution in [0.1, 0.15) is 25.0 Å². The first-order valence-electron chi connectivity index (χ1n) is 47.6. The highest BCUT2D eigenvalue weighted by atomic mass is 32.1. The van der Waals surface area contributed by atoms with E-state index >= 15 is 0 Å². The normalized spacial score (nSPS) is 12.4. The van der Waals surface area contributed by atoms with Crippen molar-refractivity contribution in [3.63, 3.8) is 0 Å². The highest BCUT2D eigenvalue weighted by Gasteiger charge is 2.36. The number of rotatable bonds is 9. The number of fused-ring (bicyclic) bond motifs is 24. The molecule has 21 aromatic carbocycles. The molecule has 0 aliphatic heterocycles. The number of para-hydroxylation sites is 4. The fraction of sp³-hybridized carbons (Fsp3) is 0.0233. The number of hydrogen-bond donors (Lipinski definition) is 0. The quantitative estimate of drug-likeness (QED) is 0.142. The Hall–Kier alpha value is -18.2. The average Bonchev–Trinajstić information content (AvgIpc) is 1.63. The van der Waals surface area contributed by atoms with E-state index in [-0.39, 0.29) is 5.41 Å². The Bertz CT molecular complexity index is 9830. The fourth-order valence-corrected chi connectivity index (χ4v) is 23.0. The third-order valence-electron chi connectivity index (χ3n) is 28.8. The van der Waals surface area contributed by atoms with Gasteiger partial charge in [0.2, 0.25) is 17.8 Å². The van der Waals surface area contributed by atoms with Crippen LogP contribution >= 0.6 is 11.3 Å². The van der Waals surface area contributed by atoms with Gasteiger partial charge in [0.15, 0.2) is 0 Å². The Balaban J connectivity index is 0.000000103. The first-order chi connectivity index (χ1) is 69.1. The van der Waals surface area contributed by atoms with Gasteiger partial charge >= 0.3 is 0 Å². The second-order valence-corrected chi connectivity index (χ2v) is 38.3. The summed E-state index contributed by atoms with van der Waals surface area (Å²) in [6.07, 6.45) is 0. The maximum atomic E-state index is 6.11. The van der Waals surface area contributed by atoms with Crippen molar-refractivity contribution in [3.05, 3.63) is 466 Å². The fourth-order valence-electron chi connectivity index (χ4n) is 22.0. The van der Waals surface area contributed by atoms with Crippen LogP contribution < -0.4 is 0 Å². The molecule has 0 saturated heterocycles. The van der Waals surface area contributed by atoms with Gasteiger partial charge in [0.1, 0.15) is 11.2 Å². The predicted octanol–water partition coefficient (Wildman–Crippen LogP) is 34.2. The molecule has 0 fully saturated rings. The monoisotopic (exact) mass is 1800 g/mol. The molecule has 1 aliphatic carbocycles. The lowest BCUT2D eigenvalue weighted by molar-refractivity contribution is 0.660. The number of benzene rings is 21. The number of furan rings is 1. The van der Waals surface area contributed by atoms with Gasteiger partial charge in [-0.2, -0.15) is 0 Å². The average molecular weight is 1810 g/mol. The maximum absolute atomic E-state index is 6.11. The minimum atomic E-state index is -0.0197. The molecule has 654 valence electrons. The summed E-state index contributed by atoms with van der Waals surface area (Å²) in [4.78, 5) is 31.9. The Morgan fingerprint density at radius 1 is 0.200 bits per heavy atom. The van der Waals surface area contributed by atoms with Crippen molar-refractivity contribution in [2.45, 2.75) is 19.3 Å². The Labute approximate surface area is 807 Å². The van der Waals surface area contributed by atoms with Crippen molar-refractivity contribution in [2.24, 2.45) is 0 Å². The highest BCUT2D eigenvalue weighted by molar-refractivity contribution is 7.25. The summed E-state index contributed by atoms with van der Waals surface area (Å²) >= 11 is 1.85. The Kier molecular flexibility index (Phi) is 18.4. The molecule has 29 aromatic rings. The maximum Gasteiger partial charge on any atom is 0.235 e. The van der Waals surface area contributed by atoms with Crippen molar-refractivity contribution in [2.75, 3.05) is 0 Å². The van der Waals surface area contributed by atoms with Crippen molar-refractivity contribution in [1.82, 2.24) is 43.6 Å². The minimum Gasteiger partial charge on any atom is -0.456 e. The SMILES string of the molecule is CC1(C)c2ccccc2-c2cc(-c3ccc4c(-c5ccccc5)nc(-n5c6ccccc6c6cc7ccccc7cc65)nc4c3)ccc21.c1ccc(-c2nc(-n3c4ccccc4c4cc5ccccc5cc43)nc3cc(-c4ccc5oc6ccccc6c5c4)ccc23)cc1.c1ccc(-c2nc(-n3c4ccccc4c4cc5ccccc5cc43)nc3cc(-c4ccc5sc6ccccc6c5c4)ccc23)cc1. The van der Waals surface area contributed by atoms with Crippen molar-refractivity contribution in [1.29, 1.82) is 0 Å². The van der Waals surface area contributed by atoms with Crippen LogP contribution in [0.15, 0.2) is 459 Å². The van der Waals surface area contributed by atoms with Crippen LogP contribution in [0, 0.1) is 0 Å². The largest absolute Gasteiger partial charge is 0.456 e. The zero-order valence-corrected chi connectivity index (χ0v) is 77.0. The Morgan fingerprint density at radius 2 is 0.529 bits per heavy atom. The Morgan fingerprint density at radius 3 is 0.993 bits per heavy atom. The van der Waals surface area contributed by atoms with E-state index < -0.39 is 0 Å². The zero-order chi connectivity index (χ0) is 92.4. The molecular formula is C129H81N9OS. The smallest absolute Gasteiger partial charge is 0.235 e. The van der Waals surface area contributed by atoms with Gasteiger partial charge in [-0.15, -0.1) is 11.3 Å². The van der Waals surface area contributed by atoms with E-state index in [1.54, 1.807) is 0 Å². The second kappa shape index (κ2) is 32.0. The molecule has 30 rings (SSSR count). The van der Waals surface area contributed by atoms with Gasteiger partial charge < -0.3 is 4.42 Å². The topological polar surface area (TPSA) is 105 Å². The third-order valence-corrected chi connectivity index (χ3v) is 29.9. The molecule has 0 amide bonds. The van der Waals surface area contributed by atoms with Crippen LogP contribution in [-0.2, 0) is 5.41 Å². The molecule has 0 saturated carbocycles. The molecule has 8 heterocycles. The number of hydrogen-bond acceptors (Lipinski definition) is 8. The molecule has 0 N–H and O–H groups in total. The van der Waals surface area contributed by atoms with Crippen LogP contribution in [0.3, 0.4) is 0 Å². The van der Waals surface area contributed by atoms with Crippen LogP contribution in [0.5, 0.6) is 0 Å². The van der Waals surface area contributed by atoms with E-state index in [9.17, 15) is 0 Å². The van der Waals surface area contributed by atoms with Gasteiger partial charge in [0.25, 0.3) is 0 Å². The van der Waals surface area contributed by atoms with Crippen molar-refractivity contribution < 1.29 is 4.42 Å². The van der Waals surface area contributed by atoms with Crippen LogP contribution in [0.25, 0.3) is 269 Å². The second-order valence-electron chi connectivity index (χ2n) is 37.2. The molecule has 0 unspecified atom stereocenters. The molecule has 8 aromatic heterocycles. The summed E-state index contributed by atoms with van der Waals surface area (Å²) < 4.78 is 15.4. The van der Waals surface area contributed by atoms with Gasteiger partial charge in [0, 0.05) is 102 Å². The third kappa shape index (κ3) is 13.1. The molecular weight excluding hydrogens is 1720 g/mol. The van der Waals surface area contributed by atoms with E-state index in [4.69, 9.17) is 34.3 Å². The van der Waals surface area contributed by atoms with Crippen LogP contribution in [-0.4, -0.2) is 43.6 Å². The minimum absolute atomic E-state index is 0.0197. The first-order valence-corrected chi connectivity index (χ1v) is 48.4. The standard InChI is InChI=1S/C45H31N3.C42H25N3O.C42H25N3S/c1-45(2)38-18-10-8-16-33(38)36-24-31(21-23-39(36)45)32-20-22-35-40(26-32)46-44(47-43(35)28-12-4-3-5-13-28)48-41-19-11-9-17-34(41)37-25-29-14-6-7-15-30(29)27-42(37)48;2*1-2-10-26(11-3-1)41-33-20-18-30(29-19-21-40-35(23-29)32-15-7-9-17-39(32)46-40)24-36(33)43-42(44-41)45-37-16-8-6-14-31(37)34-22-27-12-4-5-13-28(27)25-38(34)45/h3-27H,1-2H3;2*1-25H. The molecule has 10 nitrogen and oxygen atoms in total. The summed E-state index contributed by atoms with van der Waals surface area (Å²) in [5.74, 6) is 2.00. The molecule has 0 radical (unpaired) electrons. The van der Waals surface area contributed by atoms with E-state index in [0.29, 0.717) is 17.8 Å². The lowest BCUT2D eigenvalue weighted by atomic mass is 9.82. The van der Waals surface area contributed by atoms with Gasteiger partial charge in [-0.25, -0.2) is 29.9 Å². The summed E-state index contributed by atoms with van der Waals surface area (Å²) in [6, 6.07) is 162. The van der Waals surface area contributed by atoms with E-state index in [2.05, 4.69) is 458 Å².